The molecule has 0 aliphatic rings. The number of H-pyrrole nitrogens is 1. The summed E-state index contributed by atoms with van der Waals surface area (Å²) in [4.78, 5) is 6.83. The molecular formula is C8H6BrFN2O. The normalized spacial score (nSPS) is 10.7. The number of nitrogens with one attached hydrogen (secondary N) is 1. The highest BCUT2D eigenvalue weighted by molar-refractivity contribution is 9.10. The summed E-state index contributed by atoms with van der Waals surface area (Å²) < 4.78 is 18.8. The van der Waals surface area contributed by atoms with Crippen LogP contribution in [0.5, 0.6) is 5.75 Å². The van der Waals surface area contributed by atoms with Crippen LogP contribution in [0, 0.1) is 5.82 Å². The standard InChI is InChI=1S/C8H6BrFN2O/c1-13-8-5(10)2-4(9)6-7(8)12-3-11-6/h2-3H,1H3,(H,11,12). The Morgan fingerprint density at radius 1 is 1.62 bits per heavy atom. The number of rotatable bonds is 1. The van der Waals surface area contributed by atoms with E-state index in [0.717, 1.165) is 0 Å². The average molecular weight is 245 g/mol. The van der Waals surface area contributed by atoms with E-state index in [9.17, 15) is 4.39 Å². The molecule has 0 amide bonds. The van der Waals surface area contributed by atoms with E-state index in [-0.39, 0.29) is 5.75 Å². The number of fused-ring (bicyclic) bond motifs is 1. The van der Waals surface area contributed by atoms with Gasteiger partial charge in [-0.25, -0.2) is 9.37 Å². The molecular weight excluding hydrogens is 239 g/mol. The number of aromatic nitrogens is 2. The Balaban J connectivity index is 2.88. The number of aromatic amines is 1. The second kappa shape index (κ2) is 2.99. The third kappa shape index (κ3) is 1.19. The van der Waals surface area contributed by atoms with E-state index in [2.05, 4.69) is 25.9 Å². The fraction of sp³-hybridized carbons (Fsp3) is 0.125. The lowest BCUT2D eigenvalue weighted by Gasteiger charge is -2.03. The van der Waals surface area contributed by atoms with Crippen molar-refractivity contribution >= 4 is 27.0 Å². The molecule has 0 aliphatic carbocycles. The number of halogens is 2. The van der Waals surface area contributed by atoms with E-state index in [1.54, 1.807) is 0 Å². The molecule has 0 bridgehead atoms. The molecule has 0 aliphatic heterocycles. The van der Waals surface area contributed by atoms with Crippen molar-refractivity contribution < 1.29 is 9.13 Å². The molecule has 0 saturated carbocycles. The zero-order valence-electron chi connectivity index (χ0n) is 6.77. The van der Waals surface area contributed by atoms with Crippen LogP contribution >= 0.6 is 15.9 Å². The third-order valence-corrected chi connectivity index (χ3v) is 2.37. The van der Waals surface area contributed by atoms with Crippen molar-refractivity contribution in [2.45, 2.75) is 0 Å². The van der Waals surface area contributed by atoms with E-state index >= 15 is 0 Å². The summed E-state index contributed by atoms with van der Waals surface area (Å²) >= 11 is 3.21. The van der Waals surface area contributed by atoms with Crippen LogP contribution in [-0.2, 0) is 0 Å². The Morgan fingerprint density at radius 3 is 3.08 bits per heavy atom. The fourth-order valence-corrected chi connectivity index (χ4v) is 1.71. The van der Waals surface area contributed by atoms with Crippen LogP contribution in [0.2, 0.25) is 0 Å². The first-order valence-corrected chi connectivity index (χ1v) is 4.38. The molecule has 1 aromatic carbocycles. The lowest BCUT2D eigenvalue weighted by molar-refractivity contribution is 0.391. The number of hydrogen-bond donors (Lipinski definition) is 1. The molecule has 0 atom stereocenters. The van der Waals surface area contributed by atoms with Crippen molar-refractivity contribution in [1.29, 1.82) is 0 Å². The maximum atomic E-state index is 13.3. The predicted octanol–water partition coefficient (Wildman–Crippen LogP) is 2.47. The molecule has 0 spiro atoms. The van der Waals surface area contributed by atoms with Gasteiger partial charge in [-0.1, -0.05) is 0 Å². The van der Waals surface area contributed by atoms with Gasteiger partial charge in [-0.3, -0.25) is 0 Å². The van der Waals surface area contributed by atoms with Crippen LogP contribution in [0.25, 0.3) is 11.0 Å². The van der Waals surface area contributed by atoms with Crippen LogP contribution in [0.15, 0.2) is 16.9 Å². The van der Waals surface area contributed by atoms with E-state index in [0.29, 0.717) is 15.5 Å². The first kappa shape index (κ1) is 8.50. The second-order valence-electron chi connectivity index (χ2n) is 2.50. The predicted molar refractivity (Wildman–Crippen MR) is 50.3 cm³/mol. The van der Waals surface area contributed by atoms with Crippen LogP contribution in [0.1, 0.15) is 0 Å². The summed E-state index contributed by atoms with van der Waals surface area (Å²) in [6.07, 6.45) is 1.50. The summed E-state index contributed by atoms with van der Waals surface area (Å²) in [5, 5.41) is 0. The van der Waals surface area contributed by atoms with E-state index in [1.165, 1.54) is 19.5 Å². The highest BCUT2D eigenvalue weighted by Gasteiger charge is 2.12. The number of hydrogen-bond acceptors (Lipinski definition) is 2. The molecule has 1 N–H and O–H groups in total. The highest BCUT2D eigenvalue weighted by Crippen LogP contribution is 2.31. The van der Waals surface area contributed by atoms with Gasteiger partial charge in [0.15, 0.2) is 11.6 Å². The molecule has 2 aromatic rings. The molecule has 1 heterocycles. The Kier molecular flexibility index (Phi) is 1.95. The largest absolute Gasteiger partial charge is 0.492 e. The number of ether oxygens (including phenoxy) is 1. The summed E-state index contributed by atoms with van der Waals surface area (Å²) in [7, 11) is 1.42. The van der Waals surface area contributed by atoms with Crippen LogP contribution in [0.3, 0.4) is 0 Å². The number of methoxy groups -OCH3 is 1. The Labute approximate surface area is 82.1 Å². The first-order valence-electron chi connectivity index (χ1n) is 3.59. The second-order valence-corrected chi connectivity index (χ2v) is 3.35. The van der Waals surface area contributed by atoms with Gasteiger partial charge < -0.3 is 9.72 Å². The Morgan fingerprint density at radius 2 is 2.38 bits per heavy atom. The maximum absolute atomic E-state index is 13.3. The molecule has 13 heavy (non-hydrogen) atoms. The quantitative estimate of drug-likeness (QED) is 0.837. The molecule has 1 aromatic heterocycles. The van der Waals surface area contributed by atoms with Crippen molar-refractivity contribution in [1.82, 2.24) is 9.97 Å². The van der Waals surface area contributed by atoms with Crippen molar-refractivity contribution in [2.75, 3.05) is 7.11 Å². The summed E-state index contributed by atoms with van der Waals surface area (Å²) in [5.74, 6) is -0.221. The van der Waals surface area contributed by atoms with Crippen molar-refractivity contribution in [2.24, 2.45) is 0 Å². The molecule has 5 heteroatoms. The molecule has 68 valence electrons. The Bertz CT molecular complexity index is 455. The van der Waals surface area contributed by atoms with Gasteiger partial charge in [0.25, 0.3) is 0 Å². The van der Waals surface area contributed by atoms with Gasteiger partial charge >= 0.3 is 0 Å². The SMILES string of the molecule is COc1c(F)cc(Br)c2nc[nH]c12. The topological polar surface area (TPSA) is 37.9 Å². The minimum atomic E-state index is -0.411. The maximum Gasteiger partial charge on any atom is 0.180 e. The van der Waals surface area contributed by atoms with Gasteiger partial charge in [-0.05, 0) is 22.0 Å². The van der Waals surface area contributed by atoms with E-state index in [1.807, 2.05) is 0 Å². The molecule has 0 unspecified atom stereocenters. The summed E-state index contributed by atoms with van der Waals surface area (Å²) in [5.41, 5.74) is 1.23. The number of benzene rings is 1. The van der Waals surface area contributed by atoms with Gasteiger partial charge in [0, 0.05) is 4.47 Å². The smallest absolute Gasteiger partial charge is 0.180 e. The Hall–Kier alpha value is -1.10. The number of nitrogens with zero attached hydrogens (tertiary/aromatic N) is 1. The molecule has 0 radical (unpaired) electrons. The first-order chi connectivity index (χ1) is 6.24. The van der Waals surface area contributed by atoms with Gasteiger partial charge in [-0.2, -0.15) is 0 Å². The zero-order valence-corrected chi connectivity index (χ0v) is 8.35. The summed E-state index contributed by atoms with van der Waals surface area (Å²) in [6, 6.07) is 1.34. The lowest BCUT2D eigenvalue weighted by atomic mass is 10.3. The van der Waals surface area contributed by atoms with E-state index in [4.69, 9.17) is 4.74 Å². The summed E-state index contributed by atoms with van der Waals surface area (Å²) in [6.45, 7) is 0. The van der Waals surface area contributed by atoms with Crippen molar-refractivity contribution in [3.05, 3.63) is 22.7 Å². The minimum Gasteiger partial charge on any atom is -0.492 e. The van der Waals surface area contributed by atoms with Gasteiger partial charge in [0.05, 0.1) is 13.4 Å². The van der Waals surface area contributed by atoms with E-state index < -0.39 is 5.82 Å². The fourth-order valence-electron chi connectivity index (χ4n) is 1.21. The van der Waals surface area contributed by atoms with Gasteiger partial charge in [0.2, 0.25) is 0 Å². The van der Waals surface area contributed by atoms with Crippen LogP contribution in [0.4, 0.5) is 4.39 Å². The molecule has 0 fully saturated rings. The van der Waals surface area contributed by atoms with Crippen molar-refractivity contribution in [3.63, 3.8) is 0 Å². The monoisotopic (exact) mass is 244 g/mol. The highest BCUT2D eigenvalue weighted by atomic mass is 79.9. The van der Waals surface area contributed by atoms with Crippen LogP contribution in [-0.4, -0.2) is 17.1 Å². The average Bonchev–Trinajstić information content (AvgIpc) is 2.53. The molecule has 3 nitrogen and oxygen atoms in total. The third-order valence-electron chi connectivity index (χ3n) is 1.77. The zero-order chi connectivity index (χ0) is 9.42. The van der Waals surface area contributed by atoms with Crippen LogP contribution < -0.4 is 4.74 Å². The van der Waals surface area contributed by atoms with Gasteiger partial charge in [0.1, 0.15) is 11.0 Å². The number of imidazole rings is 1. The van der Waals surface area contributed by atoms with Gasteiger partial charge in [-0.15, -0.1) is 0 Å². The molecule has 2 rings (SSSR count). The minimum absolute atomic E-state index is 0.190. The lowest BCUT2D eigenvalue weighted by Crippen LogP contribution is -1.90. The van der Waals surface area contributed by atoms with Crippen molar-refractivity contribution in [3.8, 4) is 5.75 Å². The molecule has 0 saturated heterocycles.